The van der Waals surface area contributed by atoms with Crippen molar-refractivity contribution in [1.29, 1.82) is 0 Å². The lowest BCUT2D eigenvalue weighted by Gasteiger charge is -2.17. The van der Waals surface area contributed by atoms with E-state index in [0.717, 1.165) is 12.1 Å². The Morgan fingerprint density at radius 3 is 2.48 bits per heavy atom. The summed E-state index contributed by atoms with van der Waals surface area (Å²) in [5.74, 6) is -0.267. The van der Waals surface area contributed by atoms with Crippen molar-refractivity contribution >= 4 is 29.0 Å². The van der Waals surface area contributed by atoms with Gasteiger partial charge in [-0.05, 0) is 48.9 Å². The van der Waals surface area contributed by atoms with Gasteiger partial charge in [0, 0.05) is 30.0 Å². The van der Waals surface area contributed by atoms with Gasteiger partial charge in [-0.25, -0.2) is 9.18 Å². The molecule has 0 radical (unpaired) electrons. The van der Waals surface area contributed by atoms with Crippen molar-refractivity contribution in [3.05, 3.63) is 54.3 Å². The van der Waals surface area contributed by atoms with E-state index in [2.05, 4.69) is 10.6 Å². The number of nitrogens with one attached hydrogen (secondary N) is 2. The third-order valence-electron chi connectivity index (χ3n) is 3.59. The van der Waals surface area contributed by atoms with E-state index in [1.807, 2.05) is 6.07 Å². The van der Waals surface area contributed by atoms with E-state index in [9.17, 15) is 14.0 Å². The standard InChI is InChI=1S/C17H16FN3O2/c18-12-6-8-13(9-7-12)19-17(23)20-14-3-1-4-15(11-14)21-10-2-5-16(21)22/h1,3-4,6-9,11H,2,5,10H2,(H2,19,20,23). The maximum atomic E-state index is 12.8. The first-order valence-corrected chi connectivity index (χ1v) is 7.36. The number of carbonyl (C=O) groups is 2. The van der Waals surface area contributed by atoms with E-state index in [0.29, 0.717) is 24.3 Å². The molecule has 1 aliphatic heterocycles. The molecule has 0 saturated carbocycles. The Hall–Kier alpha value is -2.89. The molecule has 0 atom stereocenters. The Balaban J connectivity index is 1.66. The molecule has 3 rings (SSSR count). The lowest BCUT2D eigenvalue weighted by molar-refractivity contribution is -0.117. The Morgan fingerprint density at radius 1 is 1.04 bits per heavy atom. The Labute approximate surface area is 133 Å². The lowest BCUT2D eigenvalue weighted by atomic mass is 10.2. The maximum absolute atomic E-state index is 12.8. The smallest absolute Gasteiger partial charge is 0.312 e. The van der Waals surface area contributed by atoms with E-state index in [4.69, 9.17) is 0 Å². The molecule has 3 amide bonds. The normalized spacial score (nSPS) is 14.0. The van der Waals surface area contributed by atoms with Gasteiger partial charge in [-0.15, -0.1) is 0 Å². The van der Waals surface area contributed by atoms with Crippen LogP contribution >= 0.6 is 0 Å². The van der Waals surface area contributed by atoms with Gasteiger partial charge in [-0.2, -0.15) is 0 Å². The fourth-order valence-electron chi connectivity index (χ4n) is 2.50. The minimum Gasteiger partial charge on any atom is -0.312 e. The SMILES string of the molecule is O=C(Nc1ccc(F)cc1)Nc1cccc(N2CCCC2=O)c1. The van der Waals surface area contributed by atoms with E-state index < -0.39 is 6.03 Å². The molecule has 0 bridgehead atoms. The van der Waals surface area contributed by atoms with Crippen molar-refractivity contribution in [2.45, 2.75) is 12.8 Å². The molecule has 1 fully saturated rings. The predicted octanol–water partition coefficient (Wildman–Crippen LogP) is 3.60. The van der Waals surface area contributed by atoms with Crippen LogP contribution in [0.25, 0.3) is 0 Å². The number of anilines is 3. The zero-order valence-electron chi connectivity index (χ0n) is 12.4. The summed E-state index contributed by atoms with van der Waals surface area (Å²) in [4.78, 5) is 25.5. The number of rotatable bonds is 3. The zero-order valence-corrected chi connectivity index (χ0v) is 12.4. The highest BCUT2D eigenvalue weighted by atomic mass is 19.1. The second-order valence-electron chi connectivity index (χ2n) is 5.29. The molecule has 1 aliphatic rings. The minimum atomic E-state index is -0.429. The minimum absolute atomic E-state index is 0.0953. The summed E-state index contributed by atoms with van der Waals surface area (Å²) in [6.07, 6.45) is 1.41. The van der Waals surface area contributed by atoms with Crippen LogP contribution in [0.4, 0.5) is 26.2 Å². The fourth-order valence-corrected chi connectivity index (χ4v) is 2.50. The number of benzene rings is 2. The summed E-state index contributed by atoms with van der Waals surface area (Å²) in [5, 5.41) is 5.32. The molecule has 1 heterocycles. The highest BCUT2D eigenvalue weighted by Gasteiger charge is 2.21. The molecule has 23 heavy (non-hydrogen) atoms. The molecule has 2 N–H and O–H groups in total. The number of nitrogens with zero attached hydrogens (tertiary/aromatic N) is 1. The van der Waals surface area contributed by atoms with Crippen LogP contribution in [-0.4, -0.2) is 18.5 Å². The summed E-state index contributed by atoms with van der Waals surface area (Å²) in [6, 6.07) is 12.2. The average molecular weight is 313 g/mol. The van der Waals surface area contributed by atoms with Gasteiger partial charge in [0.2, 0.25) is 5.91 Å². The summed E-state index contributed by atoms with van der Waals surface area (Å²) < 4.78 is 12.8. The summed E-state index contributed by atoms with van der Waals surface area (Å²) in [6.45, 7) is 0.698. The number of urea groups is 1. The second kappa shape index (κ2) is 6.48. The van der Waals surface area contributed by atoms with Gasteiger partial charge in [0.15, 0.2) is 0 Å². The maximum Gasteiger partial charge on any atom is 0.323 e. The molecule has 1 saturated heterocycles. The van der Waals surface area contributed by atoms with Crippen molar-refractivity contribution in [2.75, 3.05) is 22.1 Å². The van der Waals surface area contributed by atoms with Crippen LogP contribution in [0.15, 0.2) is 48.5 Å². The first kappa shape index (κ1) is 15.0. The fraction of sp³-hybridized carbons (Fsp3) is 0.176. The van der Waals surface area contributed by atoms with Gasteiger partial charge in [0.1, 0.15) is 5.82 Å². The second-order valence-corrected chi connectivity index (χ2v) is 5.29. The third kappa shape index (κ3) is 3.66. The molecular weight excluding hydrogens is 297 g/mol. The van der Waals surface area contributed by atoms with Crippen LogP contribution in [0.3, 0.4) is 0 Å². The van der Waals surface area contributed by atoms with Crippen molar-refractivity contribution in [1.82, 2.24) is 0 Å². The average Bonchev–Trinajstić information content (AvgIpc) is 2.96. The lowest BCUT2D eigenvalue weighted by Crippen LogP contribution is -2.24. The van der Waals surface area contributed by atoms with Crippen LogP contribution in [0.1, 0.15) is 12.8 Å². The van der Waals surface area contributed by atoms with Gasteiger partial charge in [0.05, 0.1) is 0 Å². The van der Waals surface area contributed by atoms with Gasteiger partial charge in [0.25, 0.3) is 0 Å². The molecule has 5 nitrogen and oxygen atoms in total. The van der Waals surface area contributed by atoms with E-state index >= 15 is 0 Å². The Kier molecular flexibility index (Phi) is 4.23. The molecule has 0 spiro atoms. The van der Waals surface area contributed by atoms with Gasteiger partial charge in [-0.3, -0.25) is 4.79 Å². The topological polar surface area (TPSA) is 61.4 Å². The number of carbonyl (C=O) groups excluding carboxylic acids is 2. The van der Waals surface area contributed by atoms with Crippen molar-refractivity contribution in [3.8, 4) is 0 Å². The largest absolute Gasteiger partial charge is 0.323 e. The highest BCUT2D eigenvalue weighted by molar-refractivity contribution is 6.01. The molecule has 2 aromatic carbocycles. The Morgan fingerprint density at radius 2 is 1.78 bits per heavy atom. The molecule has 0 unspecified atom stereocenters. The van der Waals surface area contributed by atoms with Crippen LogP contribution in [-0.2, 0) is 4.79 Å². The Bertz CT molecular complexity index is 731. The quantitative estimate of drug-likeness (QED) is 0.909. The molecule has 118 valence electrons. The number of amides is 3. The van der Waals surface area contributed by atoms with Crippen molar-refractivity contribution in [3.63, 3.8) is 0 Å². The number of hydrogen-bond acceptors (Lipinski definition) is 2. The summed E-state index contributed by atoms with van der Waals surface area (Å²) in [7, 11) is 0. The van der Waals surface area contributed by atoms with Crippen LogP contribution in [0, 0.1) is 5.82 Å². The van der Waals surface area contributed by atoms with Gasteiger partial charge in [-0.1, -0.05) is 6.07 Å². The first-order valence-electron chi connectivity index (χ1n) is 7.36. The third-order valence-corrected chi connectivity index (χ3v) is 3.59. The first-order chi connectivity index (χ1) is 11.1. The van der Waals surface area contributed by atoms with Crippen LogP contribution in [0.2, 0.25) is 0 Å². The van der Waals surface area contributed by atoms with Crippen molar-refractivity contribution < 1.29 is 14.0 Å². The number of halogens is 1. The molecular formula is C17H16FN3O2. The molecule has 6 heteroatoms. The van der Waals surface area contributed by atoms with Gasteiger partial charge >= 0.3 is 6.03 Å². The van der Waals surface area contributed by atoms with Gasteiger partial charge < -0.3 is 15.5 Å². The summed E-state index contributed by atoms with van der Waals surface area (Å²) >= 11 is 0. The van der Waals surface area contributed by atoms with E-state index in [1.165, 1.54) is 24.3 Å². The molecule has 0 aliphatic carbocycles. The summed E-state index contributed by atoms with van der Waals surface area (Å²) in [5.41, 5.74) is 1.85. The monoisotopic (exact) mass is 313 g/mol. The number of hydrogen-bond donors (Lipinski definition) is 2. The van der Waals surface area contributed by atoms with Crippen LogP contribution in [0.5, 0.6) is 0 Å². The van der Waals surface area contributed by atoms with E-state index in [-0.39, 0.29) is 11.7 Å². The predicted molar refractivity (Wildman–Crippen MR) is 87.1 cm³/mol. The highest BCUT2D eigenvalue weighted by Crippen LogP contribution is 2.24. The molecule has 2 aromatic rings. The van der Waals surface area contributed by atoms with Crippen LogP contribution < -0.4 is 15.5 Å². The zero-order chi connectivity index (χ0) is 16.2. The van der Waals surface area contributed by atoms with Crippen molar-refractivity contribution in [2.24, 2.45) is 0 Å². The molecule has 0 aromatic heterocycles. The van der Waals surface area contributed by atoms with E-state index in [1.54, 1.807) is 23.1 Å².